The van der Waals surface area contributed by atoms with Gasteiger partial charge in [0.05, 0.1) is 23.9 Å². The zero-order chi connectivity index (χ0) is 25.4. The van der Waals surface area contributed by atoms with Gasteiger partial charge in [-0.05, 0) is 69.5 Å². The van der Waals surface area contributed by atoms with Crippen molar-refractivity contribution in [3.63, 3.8) is 0 Å². The van der Waals surface area contributed by atoms with E-state index in [0.717, 1.165) is 22.2 Å². The monoisotopic (exact) mass is 504 g/mol. The molecule has 0 saturated carbocycles. The average Bonchev–Trinajstić information content (AvgIpc) is 3.14. The molecule has 1 aromatic heterocycles. The Hall–Kier alpha value is -2.81. The molecule has 0 aliphatic heterocycles. The summed E-state index contributed by atoms with van der Waals surface area (Å²) >= 11 is 6.14. The van der Waals surface area contributed by atoms with Gasteiger partial charge in [-0.15, -0.1) is 0 Å². The zero-order valence-electron chi connectivity index (χ0n) is 20.1. The minimum atomic E-state index is -3.84. The van der Waals surface area contributed by atoms with Crippen LogP contribution in [0, 0.1) is 13.8 Å². The maximum atomic E-state index is 13.0. The van der Waals surface area contributed by atoms with Crippen LogP contribution in [0.4, 0.5) is 5.69 Å². The van der Waals surface area contributed by atoms with Gasteiger partial charge in [0.2, 0.25) is 0 Å². The fraction of sp³-hybridized carbons (Fsp3) is 0.320. The summed E-state index contributed by atoms with van der Waals surface area (Å²) in [6, 6.07) is 9.11. The maximum Gasteiger partial charge on any atom is 0.339 e. The lowest BCUT2D eigenvalue weighted by atomic mass is 9.88. The van der Waals surface area contributed by atoms with E-state index in [4.69, 9.17) is 21.1 Å². The fourth-order valence-corrected chi connectivity index (χ4v) is 4.64. The van der Waals surface area contributed by atoms with Crippen LogP contribution in [0.2, 0.25) is 5.02 Å². The van der Waals surface area contributed by atoms with Crippen molar-refractivity contribution in [2.45, 2.75) is 46.3 Å². The van der Waals surface area contributed by atoms with Crippen LogP contribution in [0.25, 0.3) is 22.0 Å². The molecule has 0 aliphatic rings. The van der Waals surface area contributed by atoms with Gasteiger partial charge in [-0.3, -0.25) is 4.72 Å². The summed E-state index contributed by atoms with van der Waals surface area (Å²) in [7, 11) is -2.55. The number of nitrogens with one attached hydrogen (secondary N) is 2. The number of halogens is 1. The number of fused-ring (bicyclic) bond motifs is 1. The first kappa shape index (κ1) is 25.8. The first-order valence-electron chi connectivity index (χ1n) is 10.6. The number of aromatic amines is 1. The Balaban J connectivity index is 2.52. The first-order chi connectivity index (χ1) is 15.8. The number of ether oxygens (including phenoxy) is 2. The van der Waals surface area contributed by atoms with Gasteiger partial charge < -0.3 is 14.5 Å². The number of anilines is 1. The molecule has 182 valence electrons. The quantitative estimate of drug-likeness (QED) is 0.383. The average molecular weight is 505 g/mol. The molecule has 0 spiro atoms. The van der Waals surface area contributed by atoms with Crippen molar-refractivity contribution in [2.24, 2.45) is 0 Å². The van der Waals surface area contributed by atoms with Crippen LogP contribution in [0.1, 0.15) is 43.7 Å². The summed E-state index contributed by atoms with van der Waals surface area (Å²) in [5, 5.41) is 2.12. The third-order valence-corrected chi connectivity index (χ3v) is 6.44. The zero-order valence-corrected chi connectivity index (χ0v) is 21.6. The molecule has 7 nitrogen and oxygen atoms in total. The molecule has 0 bridgehead atoms. The van der Waals surface area contributed by atoms with Gasteiger partial charge in [0.15, 0.2) is 6.10 Å². The van der Waals surface area contributed by atoms with Crippen molar-refractivity contribution in [1.82, 2.24) is 4.98 Å². The summed E-state index contributed by atoms with van der Waals surface area (Å²) in [6.07, 6.45) is -1.12. The summed E-state index contributed by atoms with van der Waals surface area (Å²) in [5.74, 6) is -0.600. The third kappa shape index (κ3) is 5.29. The first-order valence-corrected chi connectivity index (χ1v) is 12.5. The number of carbonyl (C=O) groups is 1. The number of sulfonamides is 1. The normalized spacial score (nSPS) is 13.0. The van der Waals surface area contributed by atoms with Crippen molar-refractivity contribution >= 4 is 44.2 Å². The van der Waals surface area contributed by atoms with E-state index >= 15 is 0 Å². The molecule has 1 atom stereocenters. The van der Waals surface area contributed by atoms with Gasteiger partial charge in [-0.2, -0.15) is 0 Å². The Morgan fingerprint density at radius 3 is 2.35 bits per heavy atom. The molecule has 2 aromatic carbocycles. The molecular formula is C25H29ClN2O5S. The largest absolute Gasteiger partial charge is 0.467 e. The number of aromatic nitrogens is 1. The minimum Gasteiger partial charge on any atom is -0.467 e. The minimum absolute atomic E-state index is 0.308. The highest BCUT2D eigenvalue weighted by Gasteiger charge is 2.34. The van der Waals surface area contributed by atoms with Crippen LogP contribution >= 0.6 is 11.6 Å². The summed E-state index contributed by atoms with van der Waals surface area (Å²) in [6.45, 7) is 12.5. The molecule has 0 saturated heterocycles. The molecule has 34 heavy (non-hydrogen) atoms. The maximum absolute atomic E-state index is 13.0. The van der Waals surface area contributed by atoms with Crippen molar-refractivity contribution < 1.29 is 22.7 Å². The summed E-state index contributed by atoms with van der Waals surface area (Å²) in [5.41, 5.74) is 3.52. The van der Waals surface area contributed by atoms with Crippen LogP contribution in [-0.2, 0) is 24.3 Å². The molecular weight excluding hydrogens is 476 g/mol. The number of aryl methyl sites for hydroxylation is 1. The second-order valence-electron chi connectivity index (χ2n) is 8.98. The van der Waals surface area contributed by atoms with Crippen LogP contribution in [0.5, 0.6) is 0 Å². The molecule has 0 radical (unpaired) electrons. The van der Waals surface area contributed by atoms with E-state index in [2.05, 4.69) is 16.3 Å². The number of benzene rings is 2. The van der Waals surface area contributed by atoms with Crippen molar-refractivity contribution in [3.05, 3.63) is 64.2 Å². The van der Waals surface area contributed by atoms with Gasteiger partial charge in [0.1, 0.15) is 0 Å². The Labute approximate surface area is 205 Å². The fourth-order valence-electron chi connectivity index (χ4n) is 3.89. The van der Waals surface area contributed by atoms with Gasteiger partial charge >= 0.3 is 5.97 Å². The molecule has 0 fully saturated rings. The second kappa shape index (κ2) is 9.44. The second-order valence-corrected chi connectivity index (χ2v) is 11.0. The number of carbonyl (C=O) groups excluding carboxylic acids is 1. The molecule has 2 N–H and O–H groups in total. The van der Waals surface area contributed by atoms with Gasteiger partial charge in [-0.1, -0.05) is 30.3 Å². The van der Waals surface area contributed by atoms with E-state index in [1.165, 1.54) is 7.11 Å². The van der Waals surface area contributed by atoms with E-state index in [9.17, 15) is 13.2 Å². The lowest BCUT2D eigenvalue weighted by Crippen LogP contribution is -2.29. The molecule has 0 unspecified atom stereocenters. The number of methoxy groups -OCH3 is 1. The predicted octanol–water partition coefficient (Wildman–Crippen LogP) is 6.02. The number of hydrogen-bond donors (Lipinski definition) is 2. The Kier molecular flexibility index (Phi) is 7.17. The number of H-pyrrole nitrogens is 1. The van der Waals surface area contributed by atoms with Gasteiger partial charge in [0.25, 0.3) is 10.0 Å². The summed E-state index contributed by atoms with van der Waals surface area (Å²) in [4.78, 5) is 16.3. The standard InChI is InChI=1S/C25H29ClN2O5S/c1-8-34(30,31)28-21-15(3)19(23(24(29)32-7)33-25(4,5)6)20(16-9-11-17(26)12-10-16)18-13-14(2)27-22(18)21/h8-13,23,27-28H,1H2,2-7H3/t23-/m0/s1. The number of hydrogen-bond acceptors (Lipinski definition) is 5. The van der Waals surface area contributed by atoms with Gasteiger partial charge in [-0.25, -0.2) is 13.2 Å². The lowest BCUT2D eigenvalue weighted by molar-refractivity contribution is -0.164. The lowest BCUT2D eigenvalue weighted by Gasteiger charge is -2.30. The van der Waals surface area contributed by atoms with Crippen LogP contribution < -0.4 is 4.72 Å². The summed E-state index contributed by atoms with van der Waals surface area (Å²) < 4.78 is 38.9. The molecule has 1 heterocycles. The van der Waals surface area contributed by atoms with E-state index in [-0.39, 0.29) is 0 Å². The van der Waals surface area contributed by atoms with Crippen molar-refractivity contribution in [3.8, 4) is 11.1 Å². The highest BCUT2D eigenvalue weighted by Crippen LogP contribution is 2.45. The van der Waals surface area contributed by atoms with Crippen LogP contribution in [0.15, 0.2) is 42.3 Å². The SMILES string of the molecule is C=CS(=O)(=O)Nc1c(C)c([C@H](OC(C)(C)C)C(=O)OC)c(-c2ccc(Cl)cc2)c2cc(C)[nH]c12. The predicted molar refractivity (Wildman–Crippen MR) is 137 cm³/mol. The number of esters is 1. The van der Waals surface area contributed by atoms with E-state index in [1.54, 1.807) is 19.1 Å². The Morgan fingerprint density at radius 1 is 1.21 bits per heavy atom. The highest BCUT2D eigenvalue weighted by molar-refractivity contribution is 7.95. The van der Waals surface area contributed by atoms with E-state index in [0.29, 0.717) is 32.7 Å². The smallest absolute Gasteiger partial charge is 0.339 e. The van der Waals surface area contributed by atoms with Crippen molar-refractivity contribution in [2.75, 3.05) is 11.8 Å². The van der Waals surface area contributed by atoms with Crippen LogP contribution in [-0.4, -0.2) is 32.1 Å². The van der Waals surface area contributed by atoms with E-state index in [1.807, 2.05) is 45.9 Å². The highest BCUT2D eigenvalue weighted by atomic mass is 35.5. The molecule has 0 amide bonds. The topological polar surface area (TPSA) is 97.5 Å². The van der Waals surface area contributed by atoms with Gasteiger partial charge in [0, 0.05) is 27.1 Å². The van der Waals surface area contributed by atoms with Crippen molar-refractivity contribution in [1.29, 1.82) is 0 Å². The Bertz CT molecular complexity index is 1350. The number of rotatable bonds is 7. The molecule has 0 aliphatic carbocycles. The molecule has 3 rings (SSSR count). The Morgan fingerprint density at radius 2 is 1.82 bits per heavy atom. The van der Waals surface area contributed by atoms with E-state index < -0.39 is 27.7 Å². The molecule has 3 aromatic rings. The third-order valence-electron chi connectivity index (χ3n) is 5.27. The van der Waals surface area contributed by atoms with Crippen LogP contribution in [0.3, 0.4) is 0 Å². The molecule has 9 heteroatoms.